The highest BCUT2D eigenvalue weighted by Crippen LogP contribution is 2.33. The normalized spacial score (nSPS) is 15.3. The topological polar surface area (TPSA) is 98.6 Å². The summed E-state index contributed by atoms with van der Waals surface area (Å²) in [5.41, 5.74) is 4.86. The third kappa shape index (κ3) is 6.26. The van der Waals surface area contributed by atoms with E-state index in [1.54, 1.807) is 18.3 Å². The molecule has 1 fully saturated rings. The first-order chi connectivity index (χ1) is 19.5. The molecule has 0 aliphatic carbocycles. The van der Waals surface area contributed by atoms with Crippen LogP contribution in [0.25, 0.3) is 11.1 Å². The van der Waals surface area contributed by atoms with Gasteiger partial charge in [0, 0.05) is 30.4 Å². The summed E-state index contributed by atoms with van der Waals surface area (Å²) in [4.78, 5) is 35.3. The Balaban J connectivity index is 1.58. The summed E-state index contributed by atoms with van der Waals surface area (Å²) in [5, 5.41) is 12.6. The van der Waals surface area contributed by atoms with Crippen molar-refractivity contribution in [1.29, 1.82) is 5.26 Å². The molecule has 214 valence electrons. The molecule has 1 unspecified atom stereocenters. The highest BCUT2D eigenvalue weighted by molar-refractivity contribution is 6.07. The summed E-state index contributed by atoms with van der Waals surface area (Å²) >= 11 is 0. The Morgan fingerprint density at radius 2 is 1.90 bits per heavy atom. The molecular weight excluding hydrogens is 514 g/mol. The van der Waals surface area contributed by atoms with E-state index < -0.39 is 5.91 Å². The minimum atomic E-state index is -0.391. The van der Waals surface area contributed by atoms with E-state index >= 15 is 0 Å². The van der Waals surface area contributed by atoms with Crippen LogP contribution in [0.3, 0.4) is 0 Å². The lowest BCUT2D eigenvalue weighted by molar-refractivity contribution is 0.0547. The van der Waals surface area contributed by atoms with E-state index in [4.69, 9.17) is 4.74 Å². The fourth-order valence-corrected chi connectivity index (χ4v) is 5.37. The van der Waals surface area contributed by atoms with Crippen LogP contribution in [0.5, 0.6) is 5.75 Å². The number of aromatic nitrogens is 1. The van der Waals surface area contributed by atoms with Gasteiger partial charge in [-0.15, -0.1) is 0 Å². The average molecular weight is 554 g/mol. The van der Waals surface area contributed by atoms with E-state index in [9.17, 15) is 14.9 Å². The van der Waals surface area contributed by atoms with Gasteiger partial charge >= 0.3 is 0 Å². The van der Waals surface area contributed by atoms with Gasteiger partial charge in [-0.2, -0.15) is 5.26 Å². The van der Waals surface area contributed by atoms with Crippen molar-refractivity contribution in [3.8, 4) is 22.9 Å². The molecule has 4 rings (SSSR count). The lowest BCUT2D eigenvalue weighted by Crippen LogP contribution is -2.45. The summed E-state index contributed by atoms with van der Waals surface area (Å²) < 4.78 is 5.47. The Labute approximate surface area is 242 Å². The predicted molar refractivity (Wildman–Crippen MR) is 161 cm³/mol. The number of amides is 2. The second-order valence-corrected chi connectivity index (χ2v) is 11.5. The zero-order chi connectivity index (χ0) is 29.9. The van der Waals surface area contributed by atoms with E-state index in [1.807, 2.05) is 70.0 Å². The first kappa shape index (κ1) is 29.8. The molecule has 1 aromatic heterocycles. The van der Waals surface area contributed by atoms with E-state index in [1.165, 1.54) is 7.11 Å². The van der Waals surface area contributed by atoms with Crippen LogP contribution in [-0.4, -0.2) is 60.0 Å². The molecule has 3 aromatic rings. The number of aryl methyl sites for hydroxylation is 1. The maximum absolute atomic E-state index is 13.4. The van der Waals surface area contributed by atoms with Gasteiger partial charge in [-0.3, -0.25) is 19.5 Å². The van der Waals surface area contributed by atoms with Crippen LogP contribution < -0.4 is 10.1 Å². The van der Waals surface area contributed by atoms with Crippen molar-refractivity contribution in [2.24, 2.45) is 0 Å². The minimum absolute atomic E-state index is 0.000865. The van der Waals surface area contributed by atoms with E-state index in [2.05, 4.69) is 28.2 Å². The number of nitriles is 1. The third-order valence-electron chi connectivity index (χ3n) is 7.81. The SMILES string of the molecule is CCN1CCCC1N(C)C(=O)c1ccc(-c2cc(NC(=O)c3cc(C(C)(C)C)cc(C#N)c3OC)cnc2C)cc1. The first-order valence-electron chi connectivity index (χ1n) is 14.0. The summed E-state index contributed by atoms with van der Waals surface area (Å²) in [5.74, 6) is -0.151. The number of likely N-dealkylation sites (tertiary alicyclic amines) is 1. The molecule has 0 saturated carbocycles. The minimum Gasteiger partial charge on any atom is -0.495 e. The number of ether oxygens (including phenoxy) is 1. The van der Waals surface area contributed by atoms with E-state index in [0.29, 0.717) is 16.8 Å². The average Bonchev–Trinajstić information content (AvgIpc) is 3.45. The molecule has 2 aromatic carbocycles. The zero-order valence-corrected chi connectivity index (χ0v) is 25.0. The highest BCUT2D eigenvalue weighted by Gasteiger charge is 2.30. The Morgan fingerprint density at radius 1 is 1.20 bits per heavy atom. The van der Waals surface area contributed by atoms with Gasteiger partial charge < -0.3 is 15.0 Å². The maximum Gasteiger partial charge on any atom is 0.259 e. The van der Waals surface area contributed by atoms with Gasteiger partial charge in [-0.05, 0) is 73.2 Å². The Morgan fingerprint density at radius 3 is 2.51 bits per heavy atom. The number of nitrogens with zero attached hydrogens (tertiary/aromatic N) is 4. The summed E-state index contributed by atoms with van der Waals surface area (Å²) in [6.45, 7) is 12.1. The summed E-state index contributed by atoms with van der Waals surface area (Å²) in [7, 11) is 3.33. The molecule has 1 N–H and O–H groups in total. The number of anilines is 1. The monoisotopic (exact) mass is 553 g/mol. The standard InChI is InChI=1S/C33H39N5O3/c1-8-38-15-9-10-29(38)37(6)32(40)23-13-11-22(12-14-23)27-18-26(20-35-21(27)2)36-31(39)28-17-25(33(3,4)5)16-24(19-34)30(28)41-7/h11-14,16-18,20,29H,8-10,15H2,1-7H3,(H,36,39). The third-order valence-corrected chi connectivity index (χ3v) is 7.81. The Kier molecular flexibility index (Phi) is 8.79. The van der Waals surface area contributed by atoms with Crippen molar-refractivity contribution in [1.82, 2.24) is 14.8 Å². The number of methoxy groups -OCH3 is 1. The molecule has 1 aliphatic heterocycles. The largest absolute Gasteiger partial charge is 0.495 e. The van der Waals surface area contributed by atoms with Crippen molar-refractivity contribution in [2.75, 3.05) is 32.6 Å². The fourth-order valence-electron chi connectivity index (χ4n) is 5.37. The van der Waals surface area contributed by atoms with Crippen molar-refractivity contribution < 1.29 is 14.3 Å². The lowest BCUT2D eigenvalue weighted by Gasteiger charge is -2.31. The van der Waals surface area contributed by atoms with E-state index in [-0.39, 0.29) is 28.8 Å². The molecule has 2 heterocycles. The number of carbonyl (C=O) groups excluding carboxylic acids is 2. The molecule has 8 nitrogen and oxygen atoms in total. The van der Waals surface area contributed by atoms with Crippen LogP contribution in [-0.2, 0) is 5.41 Å². The summed E-state index contributed by atoms with van der Waals surface area (Å²) in [6, 6.07) is 15.1. The van der Waals surface area contributed by atoms with Crippen molar-refractivity contribution in [2.45, 2.75) is 59.0 Å². The number of hydrogen-bond acceptors (Lipinski definition) is 6. The predicted octanol–water partition coefficient (Wildman–Crippen LogP) is 6.00. The van der Waals surface area contributed by atoms with Gasteiger partial charge in [0.15, 0.2) is 0 Å². The van der Waals surface area contributed by atoms with Crippen molar-refractivity contribution in [3.63, 3.8) is 0 Å². The molecule has 0 spiro atoms. The molecule has 1 saturated heterocycles. The quantitative estimate of drug-likeness (QED) is 0.385. The molecule has 1 aliphatic rings. The van der Waals surface area contributed by atoms with Crippen LogP contribution in [0.15, 0.2) is 48.7 Å². The molecule has 0 radical (unpaired) electrons. The van der Waals surface area contributed by atoms with Gasteiger partial charge in [0.2, 0.25) is 0 Å². The number of benzene rings is 2. The van der Waals surface area contributed by atoms with Crippen LogP contribution in [0.4, 0.5) is 5.69 Å². The van der Waals surface area contributed by atoms with Crippen molar-refractivity contribution >= 4 is 17.5 Å². The van der Waals surface area contributed by atoms with Crippen LogP contribution in [0.2, 0.25) is 0 Å². The van der Waals surface area contributed by atoms with Gasteiger partial charge in [0.1, 0.15) is 11.8 Å². The molecule has 8 heteroatoms. The molecule has 41 heavy (non-hydrogen) atoms. The molecule has 1 atom stereocenters. The molecule has 0 bridgehead atoms. The molecular formula is C33H39N5O3. The van der Waals surface area contributed by atoms with Gasteiger partial charge in [0.25, 0.3) is 11.8 Å². The van der Waals surface area contributed by atoms with Gasteiger partial charge in [0.05, 0.1) is 36.3 Å². The fraction of sp³-hybridized carbons (Fsp3) is 0.394. The number of rotatable bonds is 7. The van der Waals surface area contributed by atoms with Crippen molar-refractivity contribution in [3.05, 3.63) is 76.6 Å². The maximum atomic E-state index is 13.4. The second kappa shape index (κ2) is 12.1. The number of carbonyl (C=O) groups is 2. The molecule has 2 amide bonds. The van der Waals surface area contributed by atoms with Crippen LogP contribution in [0.1, 0.15) is 78.1 Å². The van der Waals surface area contributed by atoms with Crippen LogP contribution in [0, 0.1) is 18.3 Å². The number of hydrogen-bond donors (Lipinski definition) is 1. The number of pyridine rings is 1. The van der Waals surface area contributed by atoms with E-state index in [0.717, 1.165) is 48.3 Å². The smallest absolute Gasteiger partial charge is 0.259 e. The van der Waals surface area contributed by atoms with Gasteiger partial charge in [-0.1, -0.05) is 39.8 Å². The second-order valence-electron chi connectivity index (χ2n) is 11.5. The Bertz CT molecular complexity index is 1480. The highest BCUT2D eigenvalue weighted by atomic mass is 16.5. The van der Waals surface area contributed by atoms with Crippen LogP contribution >= 0.6 is 0 Å². The zero-order valence-electron chi connectivity index (χ0n) is 25.0. The first-order valence-corrected chi connectivity index (χ1v) is 14.0. The van der Waals surface area contributed by atoms with Gasteiger partial charge in [-0.25, -0.2) is 0 Å². The summed E-state index contributed by atoms with van der Waals surface area (Å²) in [6.07, 6.45) is 3.83. The lowest BCUT2D eigenvalue weighted by atomic mass is 9.84. The number of nitrogens with one attached hydrogen (secondary N) is 1. The Hall–Kier alpha value is -4.22.